The molecule has 0 unspecified atom stereocenters. The number of nitrogens with zero attached hydrogens (tertiary/aromatic N) is 4. The van der Waals surface area contributed by atoms with Crippen LogP contribution in [0.3, 0.4) is 0 Å². The predicted molar refractivity (Wildman–Crippen MR) is 127 cm³/mol. The lowest BCUT2D eigenvalue weighted by molar-refractivity contribution is -0.383. The molecule has 1 N–H and O–H groups in total. The summed E-state index contributed by atoms with van der Waals surface area (Å²) >= 11 is 0. The molecule has 3 aromatic carbocycles. The van der Waals surface area contributed by atoms with E-state index in [0.717, 1.165) is 16.8 Å². The molecule has 0 aliphatic heterocycles. The van der Waals surface area contributed by atoms with Gasteiger partial charge in [0.25, 0.3) is 0 Å². The zero-order valence-corrected chi connectivity index (χ0v) is 17.7. The van der Waals surface area contributed by atoms with Gasteiger partial charge in [0.05, 0.1) is 10.6 Å². The van der Waals surface area contributed by atoms with Crippen molar-refractivity contribution >= 4 is 17.3 Å². The van der Waals surface area contributed by atoms with Gasteiger partial charge in [0.15, 0.2) is 11.4 Å². The molecule has 0 amide bonds. The van der Waals surface area contributed by atoms with Crippen LogP contribution in [0.25, 0.3) is 22.5 Å². The number of aromatic nitrogens is 2. The third kappa shape index (κ3) is 4.52. The average Bonchev–Trinajstić information content (AvgIpc) is 2.83. The summed E-state index contributed by atoms with van der Waals surface area (Å²) in [7, 11) is 0. The number of aryl methyl sites for hydroxylation is 1. The fraction of sp³-hybridized carbons (Fsp3) is 0.0800. The highest BCUT2D eigenvalue weighted by atomic mass is 16.6. The van der Waals surface area contributed by atoms with Gasteiger partial charge < -0.3 is 0 Å². The number of rotatable bonds is 6. The molecule has 7 nitrogen and oxygen atoms in total. The molecule has 0 aliphatic carbocycles. The van der Waals surface area contributed by atoms with Gasteiger partial charge in [-0.25, -0.2) is 15.4 Å². The van der Waals surface area contributed by atoms with Crippen LogP contribution in [0.15, 0.2) is 90.0 Å². The van der Waals surface area contributed by atoms with Crippen LogP contribution in [0, 0.1) is 17.0 Å². The Morgan fingerprint density at radius 3 is 1.81 bits per heavy atom. The normalized spacial score (nSPS) is 11.2. The second-order valence-corrected chi connectivity index (χ2v) is 7.26. The molecule has 0 spiro atoms. The fourth-order valence-electron chi connectivity index (χ4n) is 3.27. The van der Waals surface area contributed by atoms with Crippen molar-refractivity contribution < 1.29 is 4.92 Å². The molecule has 158 valence electrons. The van der Waals surface area contributed by atoms with Crippen molar-refractivity contribution in [2.24, 2.45) is 5.10 Å². The van der Waals surface area contributed by atoms with Gasteiger partial charge in [0, 0.05) is 11.1 Å². The van der Waals surface area contributed by atoms with E-state index in [1.54, 1.807) is 24.3 Å². The smallest absolute Gasteiger partial charge is 0.258 e. The largest absolute Gasteiger partial charge is 0.321 e. The summed E-state index contributed by atoms with van der Waals surface area (Å²) in [5.74, 6) is 0.180. The van der Waals surface area contributed by atoms with E-state index in [0.29, 0.717) is 11.1 Å². The molecular formula is C25H21N5O2. The lowest BCUT2D eigenvalue weighted by Gasteiger charge is -2.10. The van der Waals surface area contributed by atoms with E-state index in [-0.39, 0.29) is 23.0 Å². The van der Waals surface area contributed by atoms with Gasteiger partial charge in [-0.2, -0.15) is 5.10 Å². The molecule has 1 aromatic heterocycles. The fourth-order valence-corrected chi connectivity index (χ4v) is 3.27. The molecule has 4 rings (SSSR count). The van der Waals surface area contributed by atoms with Crippen molar-refractivity contribution in [3.8, 4) is 22.5 Å². The summed E-state index contributed by atoms with van der Waals surface area (Å²) in [6.07, 6.45) is 0. The number of nitro groups is 1. The first-order valence-corrected chi connectivity index (χ1v) is 10.1. The van der Waals surface area contributed by atoms with E-state index in [4.69, 9.17) is 0 Å². The Bertz CT molecular complexity index is 1210. The third-order valence-electron chi connectivity index (χ3n) is 4.95. The van der Waals surface area contributed by atoms with Crippen LogP contribution in [0.2, 0.25) is 0 Å². The number of hydrogen-bond acceptors (Lipinski definition) is 6. The molecule has 4 aromatic rings. The zero-order chi connectivity index (χ0) is 22.5. The summed E-state index contributed by atoms with van der Waals surface area (Å²) in [4.78, 5) is 20.5. The summed E-state index contributed by atoms with van der Waals surface area (Å²) in [5, 5.41) is 16.5. The first-order valence-electron chi connectivity index (χ1n) is 10.1. The predicted octanol–water partition coefficient (Wildman–Crippen LogP) is 5.86. The first-order chi connectivity index (χ1) is 15.5. The number of anilines is 1. The first kappa shape index (κ1) is 20.9. The van der Waals surface area contributed by atoms with Crippen LogP contribution in [0.5, 0.6) is 0 Å². The molecule has 0 aliphatic rings. The Morgan fingerprint density at radius 1 is 0.844 bits per heavy atom. The van der Waals surface area contributed by atoms with Crippen LogP contribution < -0.4 is 5.43 Å². The topological polar surface area (TPSA) is 93.3 Å². The molecular weight excluding hydrogens is 402 g/mol. The van der Waals surface area contributed by atoms with Crippen LogP contribution >= 0.6 is 0 Å². The monoisotopic (exact) mass is 423 g/mol. The van der Waals surface area contributed by atoms with E-state index in [1.807, 2.05) is 74.5 Å². The molecule has 0 bridgehead atoms. The average molecular weight is 423 g/mol. The Kier molecular flexibility index (Phi) is 5.98. The molecule has 0 fully saturated rings. The van der Waals surface area contributed by atoms with Gasteiger partial charge in [-0.05, 0) is 19.4 Å². The lowest BCUT2D eigenvalue weighted by atomic mass is 10.1. The van der Waals surface area contributed by atoms with E-state index in [2.05, 4.69) is 20.5 Å². The zero-order valence-electron chi connectivity index (χ0n) is 17.7. The highest BCUT2D eigenvalue weighted by Gasteiger charge is 2.26. The maximum absolute atomic E-state index is 12.1. The van der Waals surface area contributed by atoms with E-state index in [9.17, 15) is 10.1 Å². The van der Waals surface area contributed by atoms with Crippen LogP contribution in [0.4, 0.5) is 11.6 Å². The van der Waals surface area contributed by atoms with Gasteiger partial charge >= 0.3 is 5.69 Å². The second-order valence-electron chi connectivity index (χ2n) is 7.26. The van der Waals surface area contributed by atoms with E-state index < -0.39 is 4.92 Å². The van der Waals surface area contributed by atoms with Crippen LogP contribution in [0.1, 0.15) is 18.1 Å². The maximum atomic E-state index is 12.1. The quantitative estimate of drug-likeness (QED) is 0.238. The standard InChI is InChI=1S/C25H21N5O2/c1-17-13-15-19(16-14-17)18(2)28-29-25-26-22(20-9-5-3-6-10-20)24(30(31)32)23(27-25)21-11-7-4-8-12-21/h3-16H,1-2H3,(H,26,27,29)/b28-18+. The van der Waals surface area contributed by atoms with Crippen molar-refractivity contribution in [2.75, 3.05) is 5.43 Å². The van der Waals surface area contributed by atoms with Gasteiger partial charge in [0.2, 0.25) is 5.95 Å². The lowest BCUT2D eigenvalue weighted by Crippen LogP contribution is -2.07. The number of benzene rings is 3. The van der Waals surface area contributed by atoms with Crippen molar-refractivity contribution in [1.82, 2.24) is 9.97 Å². The minimum atomic E-state index is -0.435. The minimum absolute atomic E-state index is 0.146. The minimum Gasteiger partial charge on any atom is -0.258 e. The highest BCUT2D eigenvalue weighted by Crippen LogP contribution is 2.37. The van der Waals surface area contributed by atoms with Crippen molar-refractivity contribution in [3.63, 3.8) is 0 Å². The maximum Gasteiger partial charge on any atom is 0.321 e. The molecule has 32 heavy (non-hydrogen) atoms. The Balaban J connectivity index is 1.83. The number of hydrazone groups is 1. The SMILES string of the molecule is C/C(=N\Nc1nc(-c2ccccc2)c([N+](=O)[O-])c(-c2ccccc2)n1)c1ccc(C)cc1. The summed E-state index contributed by atoms with van der Waals surface area (Å²) in [6.45, 7) is 3.90. The summed E-state index contributed by atoms with van der Waals surface area (Å²) < 4.78 is 0. The van der Waals surface area contributed by atoms with Crippen molar-refractivity contribution in [3.05, 3.63) is 106 Å². The van der Waals surface area contributed by atoms with Gasteiger partial charge in [-0.3, -0.25) is 10.1 Å². The molecule has 0 saturated carbocycles. The van der Waals surface area contributed by atoms with Gasteiger partial charge in [-0.1, -0.05) is 90.5 Å². The summed E-state index contributed by atoms with van der Waals surface area (Å²) in [6, 6.07) is 26.1. The van der Waals surface area contributed by atoms with Crippen molar-refractivity contribution in [2.45, 2.75) is 13.8 Å². The molecule has 7 heteroatoms. The molecule has 0 radical (unpaired) electrons. The van der Waals surface area contributed by atoms with Crippen LogP contribution in [-0.4, -0.2) is 20.6 Å². The number of hydrogen-bond donors (Lipinski definition) is 1. The third-order valence-corrected chi connectivity index (χ3v) is 4.95. The second kappa shape index (κ2) is 9.18. The number of nitrogens with one attached hydrogen (secondary N) is 1. The molecule has 0 atom stereocenters. The van der Waals surface area contributed by atoms with Gasteiger partial charge in [-0.15, -0.1) is 0 Å². The summed E-state index contributed by atoms with van der Waals surface area (Å²) in [5.41, 5.74) is 7.32. The van der Waals surface area contributed by atoms with E-state index in [1.165, 1.54) is 0 Å². The highest BCUT2D eigenvalue weighted by molar-refractivity contribution is 5.99. The molecule has 1 heterocycles. The van der Waals surface area contributed by atoms with Crippen molar-refractivity contribution in [1.29, 1.82) is 0 Å². The molecule has 0 saturated heterocycles. The van der Waals surface area contributed by atoms with Crippen LogP contribution in [-0.2, 0) is 0 Å². The Morgan fingerprint density at radius 2 is 1.34 bits per heavy atom. The van der Waals surface area contributed by atoms with E-state index >= 15 is 0 Å². The Labute approximate surface area is 185 Å². The Hall–Kier alpha value is -4.39. The van der Waals surface area contributed by atoms with Gasteiger partial charge in [0.1, 0.15) is 0 Å².